The van der Waals surface area contributed by atoms with E-state index in [1.165, 1.54) is 18.2 Å². The Bertz CT molecular complexity index is 978. The minimum atomic E-state index is -1.15. The van der Waals surface area contributed by atoms with Crippen molar-refractivity contribution in [1.82, 2.24) is 5.32 Å². The van der Waals surface area contributed by atoms with Crippen molar-refractivity contribution >= 4 is 24.4 Å². The summed E-state index contributed by atoms with van der Waals surface area (Å²) < 4.78 is 30.8. The number of nitrogens with one attached hydrogen (secondary N) is 1. The van der Waals surface area contributed by atoms with Gasteiger partial charge in [0.2, 0.25) is 0 Å². The highest BCUT2D eigenvalue weighted by atomic mass is 16.7. The Morgan fingerprint density at radius 2 is 1.32 bits per heavy atom. The van der Waals surface area contributed by atoms with E-state index in [9.17, 15) is 24.3 Å². The Morgan fingerprint density at radius 3 is 1.83 bits per heavy atom. The van der Waals surface area contributed by atoms with Crippen molar-refractivity contribution in [2.45, 2.75) is 79.9 Å². The number of benzene rings is 1. The highest BCUT2D eigenvalue weighted by Crippen LogP contribution is 2.30. The number of carboxylic acid groups (broad SMARTS) is 1. The molecule has 0 saturated heterocycles. The van der Waals surface area contributed by atoms with Gasteiger partial charge < -0.3 is 38.8 Å². The van der Waals surface area contributed by atoms with Gasteiger partial charge in [-0.3, -0.25) is 4.79 Å². The summed E-state index contributed by atoms with van der Waals surface area (Å²) in [7, 11) is 0. The first-order valence-corrected chi connectivity index (χ1v) is 13.9. The fraction of sp³-hybridized carbons (Fsp3) is 0.655. The molecule has 0 aliphatic carbocycles. The van der Waals surface area contributed by atoms with Crippen molar-refractivity contribution in [3.05, 3.63) is 23.8 Å². The molecule has 0 aromatic heterocycles. The summed E-state index contributed by atoms with van der Waals surface area (Å²) >= 11 is 0. The average molecular weight is 584 g/mol. The molecular weight excluding hydrogens is 538 g/mol. The van der Waals surface area contributed by atoms with Crippen LogP contribution in [-0.2, 0) is 30.2 Å². The summed E-state index contributed by atoms with van der Waals surface area (Å²) in [6, 6.07) is 3.23. The van der Waals surface area contributed by atoms with Gasteiger partial charge in [0.25, 0.3) is 0 Å². The van der Waals surface area contributed by atoms with Crippen molar-refractivity contribution in [3.8, 4) is 11.5 Å². The number of carboxylic acids is 1. The molecule has 0 saturated carbocycles. The first kappa shape index (κ1) is 35.5. The fourth-order valence-electron chi connectivity index (χ4n) is 3.10. The van der Waals surface area contributed by atoms with E-state index in [1.807, 2.05) is 41.5 Å². The number of hydrogen-bond donors (Lipinski definition) is 2. The normalized spacial score (nSPS) is 12.5. The van der Waals surface area contributed by atoms with E-state index in [0.717, 1.165) is 0 Å². The zero-order valence-electron chi connectivity index (χ0n) is 25.1. The van der Waals surface area contributed by atoms with E-state index in [0.29, 0.717) is 30.2 Å². The lowest BCUT2D eigenvalue weighted by atomic mass is 10.0. The Kier molecular flexibility index (Phi) is 16.2. The number of ether oxygens (including phenoxy) is 6. The average Bonchev–Trinajstić information content (AvgIpc) is 2.86. The molecule has 232 valence electrons. The second-order valence-electron chi connectivity index (χ2n) is 10.9. The van der Waals surface area contributed by atoms with Gasteiger partial charge >= 0.3 is 24.4 Å². The van der Waals surface area contributed by atoms with E-state index in [1.54, 1.807) is 6.92 Å². The van der Waals surface area contributed by atoms with Gasteiger partial charge in [-0.05, 0) is 61.6 Å². The van der Waals surface area contributed by atoms with Crippen LogP contribution in [0.3, 0.4) is 0 Å². The lowest BCUT2D eigenvalue weighted by molar-refractivity contribution is -0.139. The Balaban J connectivity index is 2.94. The molecule has 2 atom stereocenters. The molecule has 0 radical (unpaired) electrons. The van der Waals surface area contributed by atoms with Crippen molar-refractivity contribution in [2.24, 2.45) is 17.8 Å². The van der Waals surface area contributed by atoms with E-state index in [-0.39, 0.29) is 50.2 Å². The smallest absolute Gasteiger partial charge is 0.480 e. The van der Waals surface area contributed by atoms with Crippen molar-refractivity contribution in [2.75, 3.05) is 26.4 Å². The van der Waals surface area contributed by atoms with Gasteiger partial charge in [-0.15, -0.1) is 0 Å². The molecule has 12 heteroatoms. The molecule has 0 heterocycles. The molecule has 0 amide bonds. The topological polar surface area (TPSA) is 156 Å². The number of rotatable bonds is 17. The standard InChI is InChI=1S/C29H45NO11/c1-18(2)10-12-36-27(33)40-24-9-8-22(15-25(24)41-28(34)37-13-11-19(3)4)14-23(26(31)32)30-16-21(7)39-29(35)38-17-20(5)6/h8-9,15,18-21,23,30H,10-14,16-17H2,1-7H3,(H,31,32)/t21?,23-/m0/s1. The van der Waals surface area contributed by atoms with Gasteiger partial charge in [0, 0.05) is 6.54 Å². The van der Waals surface area contributed by atoms with Gasteiger partial charge in [0.05, 0.1) is 19.8 Å². The molecule has 0 aliphatic rings. The van der Waals surface area contributed by atoms with E-state index in [4.69, 9.17) is 28.4 Å². The first-order chi connectivity index (χ1) is 19.3. The van der Waals surface area contributed by atoms with Crippen LogP contribution in [0.25, 0.3) is 0 Å². The van der Waals surface area contributed by atoms with Gasteiger partial charge in [-0.2, -0.15) is 0 Å². The number of carbonyl (C=O) groups is 4. The Hall–Kier alpha value is -3.54. The molecule has 1 aromatic carbocycles. The minimum absolute atomic E-state index is 0.0300. The molecular formula is C29H45NO11. The number of aliphatic carboxylic acids is 1. The van der Waals surface area contributed by atoms with E-state index >= 15 is 0 Å². The van der Waals surface area contributed by atoms with Gasteiger partial charge in [-0.1, -0.05) is 47.6 Å². The molecule has 12 nitrogen and oxygen atoms in total. The maximum atomic E-state index is 12.3. The van der Waals surface area contributed by atoms with Crippen molar-refractivity contribution in [1.29, 1.82) is 0 Å². The van der Waals surface area contributed by atoms with Crippen LogP contribution >= 0.6 is 0 Å². The van der Waals surface area contributed by atoms with Crippen LogP contribution in [0.15, 0.2) is 18.2 Å². The van der Waals surface area contributed by atoms with Crippen LogP contribution in [0.1, 0.15) is 66.9 Å². The quantitative estimate of drug-likeness (QED) is 0.133. The lowest BCUT2D eigenvalue weighted by Gasteiger charge is -2.19. The zero-order chi connectivity index (χ0) is 30.9. The van der Waals surface area contributed by atoms with Crippen molar-refractivity contribution < 1.29 is 52.7 Å². The maximum Gasteiger partial charge on any atom is 0.513 e. The molecule has 0 aliphatic heterocycles. The summed E-state index contributed by atoms with van der Waals surface area (Å²) in [5.74, 6) is -0.590. The minimum Gasteiger partial charge on any atom is -0.480 e. The van der Waals surface area contributed by atoms with Crippen LogP contribution in [0.4, 0.5) is 14.4 Å². The highest BCUT2D eigenvalue weighted by Gasteiger charge is 2.22. The third-order valence-electron chi connectivity index (χ3n) is 5.45. The largest absolute Gasteiger partial charge is 0.513 e. The Morgan fingerprint density at radius 1 is 0.756 bits per heavy atom. The summed E-state index contributed by atoms with van der Waals surface area (Å²) in [6.07, 6.45) is -2.21. The molecule has 2 N–H and O–H groups in total. The molecule has 41 heavy (non-hydrogen) atoms. The molecule has 1 rings (SSSR count). The summed E-state index contributed by atoms with van der Waals surface area (Å²) in [5, 5.41) is 12.6. The van der Waals surface area contributed by atoms with E-state index in [2.05, 4.69) is 5.32 Å². The van der Waals surface area contributed by atoms with Crippen LogP contribution in [0, 0.1) is 17.8 Å². The number of carbonyl (C=O) groups excluding carboxylic acids is 3. The summed E-state index contributed by atoms with van der Waals surface area (Å²) in [5.41, 5.74) is 0.459. The molecule has 0 bridgehead atoms. The maximum absolute atomic E-state index is 12.3. The van der Waals surface area contributed by atoms with Gasteiger partial charge in [-0.25, -0.2) is 14.4 Å². The van der Waals surface area contributed by atoms with Crippen LogP contribution in [0.5, 0.6) is 11.5 Å². The lowest BCUT2D eigenvalue weighted by Crippen LogP contribution is -2.42. The first-order valence-electron chi connectivity index (χ1n) is 13.9. The molecule has 0 fully saturated rings. The second-order valence-corrected chi connectivity index (χ2v) is 10.9. The van der Waals surface area contributed by atoms with Crippen LogP contribution in [-0.4, -0.2) is 68.1 Å². The second kappa shape index (κ2) is 18.7. The molecule has 1 unspecified atom stereocenters. The monoisotopic (exact) mass is 583 g/mol. The molecule has 0 spiro atoms. The van der Waals surface area contributed by atoms with Crippen LogP contribution < -0.4 is 14.8 Å². The Labute approximate surface area is 241 Å². The highest BCUT2D eigenvalue weighted by molar-refractivity contribution is 5.74. The van der Waals surface area contributed by atoms with Crippen molar-refractivity contribution in [3.63, 3.8) is 0 Å². The zero-order valence-corrected chi connectivity index (χ0v) is 25.1. The van der Waals surface area contributed by atoms with Gasteiger partial charge in [0.1, 0.15) is 12.1 Å². The fourth-order valence-corrected chi connectivity index (χ4v) is 3.10. The SMILES string of the molecule is CC(C)CCOC(=O)Oc1ccc(C[C@H](NCC(C)OC(=O)OCC(C)C)C(=O)O)cc1OC(=O)OCCC(C)C. The number of hydrogen-bond acceptors (Lipinski definition) is 11. The predicted molar refractivity (Wildman–Crippen MR) is 149 cm³/mol. The molecule has 1 aromatic rings. The van der Waals surface area contributed by atoms with Gasteiger partial charge in [0.15, 0.2) is 11.5 Å². The summed E-state index contributed by atoms with van der Waals surface area (Å²) in [6.45, 7) is 13.9. The predicted octanol–water partition coefficient (Wildman–Crippen LogP) is 5.59. The third-order valence-corrected chi connectivity index (χ3v) is 5.45. The van der Waals surface area contributed by atoms with Crippen LogP contribution in [0.2, 0.25) is 0 Å². The summed E-state index contributed by atoms with van der Waals surface area (Å²) in [4.78, 5) is 48.2. The van der Waals surface area contributed by atoms with E-state index < -0.39 is 36.6 Å². The third kappa shape index (κ3) is 16.3.